The van der Waals surface area contributed by atoms with Gasteiger partial charge in [0.1, 0.15) is 6.29 Å². The Balaban J connectivity index is 2.40. The Morgan fingerprint density at radius 1 is 1.78 bits per heavy atom. The maximum Gasteiger partial charge on any atom is 0.230 e. The second-order valence-electron chi connectivity index (χ2n) is 1.83. The lowest BCUT2D eigenvalue weighted by Crippen LogP contribution is -2.42. The van der Waals surface area contributed by atoms with Crippen molar-refractivity contribution in [3.8, 4) is 0 Å². The highest BCUT2D eigenvalue weighted by Crippen LogP contribution is 2.06. The van der Waals surface area contributed by atoms with Crippen molar-refractivity contribution in [3.63, 3.8) is 0 Å². The van der Waals surface area contributed by atoms with E-state index in [9.17, 15) is 9.59 Å². The molecule has 1 rings (SSSR count). The first kappa shape index (κ1) is 6.61. The van der Waals surface area contributed by atoms with E-state index in [0.717, 1.165) is 12.0 Å². The smallest absolute Gasteiger partial charge is 0.230 e. The highest BCUT2D eigenvalue weighted by Gasteiger charge is 2.16. The molecule has 1 aliphatic rings. The number of nitrogens with one attached hydrogen (secondary N) is 1. The average Bonchev–Trinajstić information content (AvgIpc) is 1.88. The van der Waals surface area contributed by atoms with Gasteiger partial charge < -0.3 is 10.1 Å². The zero-order chi connectivity index (χ0) is 6.69. The maximum absolute atomic E-state index is 10.5. The minimum atomic E-state index is -0.253. The Labute approximate surface area is 57.2 Å². The minimum absolute atomic E-state index is 0.0386. The lowest BCUT2D eigenvalue weighted by Gasteiger charge is -2.16. The zero-order valence-electron chi connectivity index (χ0n) is 4.79. The summed E-state index contributed by atoms with van der Waals surface area (Å²) >= 11 is 1.49. The number of carbonyl (C=O) groups excluding carboxylic acids is 2. The van der Waals surface area contributed by atoms with Crippen LogP contribution in [0.4, 0.5) is 0 Å². The maximum atomic E-state index is 10.5. The lowest BCUT2D eigenvalue weighted by atomic mass is 10.4. The van der Waals surface area contributed by atoms with E-state index >= 15 is 0 Å². The number of rotatable bonds is 1. The van der Waals surface area contributed by atoms with Gasteiger partial charge in [-0.2, -0.15) is 0 Å². The summed E-state index contributed by atoms with van der Waals surface area (Å²) in [6.45, 7) is 0. The van der Waals surface area contributed by atoms with Crippen LogP contribution >= 0.6 is 11.8 Å². The van der Waals surface area contributed by atoms with Gasteiger partial charge in [-0.1, -0.05) is 0 Å². The normalized spacial score (nSPS) is 27.1. The fourth-order valence-corrected chi connectivity index (χ4v) is 1.44. The Hall–Kier alpha value is -0.510. The van der Waals surface area contributed by atoms with Gasteiger partial charge in [-0.05, 0) is 0 Å². The van der Waals surface area contributed by atoms with Gasteiger partial charge >= 0.3 is 0 Å². The van der Waals surface area contributed by atoms with Gasteiger partial charge in [0, 0.05) is 5.75 Å². The van der Waals surface area contributed by atoms with E-state index in [1.807, 2.05) is 0 Å². The molecular weight excluding hydrogens is 138 g/mol. The highest BCUT2D eigenvalue weighted by atomic mass is 32.2. The summed E-state index contributed by atoms with van der Waals surface area (Å²) in [6, 6.07) is -0.253. The van der Waals surface area contributed by atoms with Gasteiger partial charge in [0.25, 0.3) is 0 Å². The molecule has 1 atom stereocenters. The van der Waals surface area contributed by atoms with Gasteiger partial charge in [0.05, 0.1) is 11.8 Å². The van der Waals surface area contributed by atoms with Crippen LogP contribution in [0.1, 0.15) is 0 Å². The fraction of sp³-hybridized carbons (Fsp3) is 0.600. The van der Waals surface area contributed by atoms with Gasteiger partial charge in [-0.25, -0.2) is 0 Å². The largest absolute Gasteiger partial charge is 0.345 e. The fourth-order valence-electron chi connectivity index (χ4n) is 0.642. The molecule has 0 aromatic carbocycles. The van der Waals surface area contributed by atoms with Gasteiger partial charge in [0.15, 0.2) is 0 Å². The molecule has 0 aliphatic carbocycles. The zero-order valence-corrected chi connectivity index (χ0v) is 5.61. The Bertz CT molecular complexity index is 137. The molecule has 0 aromatic heterocycles. The van der Waals surface area contributed by atoms with E-state index in [4.69, 9.17) is 0 Å². The molecule has 3 nitrogen and oxygen atoms in total. The van der Waals surface area contributed by atoms with Crippen LogP contribution in [0.15, 0.2) is 0 Å². The summed E-state index contributed by atoms with van der Waals surface area (Å²) in [5, 5.41) is 2.54. The van der Waals surface area contributed by atoms with E-state index in [0.29, 0.717) is 5.75 Å². The molecule has 4 heteroatoms. The third kappa shape index (κ3) is 1.71. The SMILES string of the molecule is O=CC1CSCC(=O)N1. The number of thioether (sulfide) groups is 1. The minimum Gasteiger partial charge on any atom is -0.345 e. The Morgan fingerprint density at radius 2 is 2.56 bits per heavy atom. The number of hydrogen-bond acceptors (Lipinski definition) is 3. The molecule has 1 saturated heterocycles. The molecule has 1 unspecified atom stereocenters. The third-order valence-electron chi connectivity index (χ3n) is 1.04. The van der Waals surface area contributed by atoms with Crippen molar-refractivity contribution < 1.29 is 9.59 Å². The monoisotopic (exact) mass is 145 g/mol. The van der Waals surface area contributed by atoms with Crippen molar-refractivity contribution in [2.75, 3.05) is 11.5 Å². The number of hydrogen-bond donors (Lipinski definition) is 1. The number of carbonyl (C=O) groups is 2. The quantitative estimate of drug-likeness (QED) is 0.502. The molecule has 0 radical (unpaired) electrons. The number of amides is 1. The third-order valence-corrected chi connectivity index (χ3v) is 2.10. The highest BCUT2D eigenvalue weighted by molar-refractivity contribution is 8.00. The van der Waals surface area contributed by atoms with Crippen molar-refractivity contribution in [1.82, 2.24) is 5.32 Å². The molecule has 0 bridgehead atoms. The van der Waals surface area contributed by atoms with Crippen molar-refractivity contribution in [1.29, 1.82) is 0 Å². The first-order valence-corrected chi connectivity index (χ1v) is 3.81. The van der Waals surface area contributed by atoms with Crippen LogP contribution in [0, 0.1) is 0 Å². The summed E-state index contributed by atoms with van der Waals surface area (Å²) in [5.74, 6) is 1.17. The predicted octanol–water partition coefficient (Wildman–Crippen LogP) is -0.583. The molecule has 1 N–H and O–H groups in total. The van der Waals surface area contributed by atoms with Crippen LogP contribution in [-0.2, 0) is 9.59 Å². The lowest BCUT2D eigenvalue weighted by molar-refractivity contribution is -0.121. The standard InChI is InChI=1S/C5H7NO2S/c7-1-4-2-9-3-5(8)6-4/h1,4H,2-3H2,(H,6,8). The van der Waals surface area contributed by atoms with Crippen molar-refractivity contribution in [2.24, 2.45) is 0 Å². The molecule has 1 aliphatic heterocycles. The van der Waals surface area contributed by atoms with Crippen LogP contribution in [0.2, 0.25) is 0 Å². The number of aldehydes is 1. The molecule has 0 spiro atoms. The van der Waals surface area contributed by atoms with Crippen LogP contribution in [0.3, 0.4) is 0 Å². The van der Waals surface area contributed by atoms with Crippen molar-refractivity contribution in [2.45, 2.75) is 6.04 Å². The Kier molecular flexibility index (Phi) is 2.10. The van der Waals surface area contributed by atoms with Gasteiger partial charge in [-0.3, -0.25) is 4.79 Å². The molecule has 1 fully saturated rings. The molecule has 9 heavy (non-hydrogen) atoms. The van der Waals surface area contributed by atoms with Crippen LogP contribution in [-0.4, -0.2) is 29.7 Å². The summed E-state index contributed by atoms with van der Waals surface area (Å²) in [4.78, 5) is 20.6. The molecule has 1 heterocycles. The topological polar surface area (TPSA) is 46.2 Å². The van der Waals surface area contributed by atoms with E-state index in [1.165, 1.54) is 11.8 Å². The molecule has 50 valence electrons. The van der Waals surface area contributed by atoms with Gasteiger partial charge in [-0.15, -0.1) is 11.8 Å². The summed E-state index contributed by atoms with van der Waals surface area (Å²) in [6.07, 6.45) is 0.768. The Morgan fingerprint density at radius 3 is 3.00 bits per heavy atom. The van der Waals surface area contributed by atoms with E-state index in [2.05, 4.69) is 5.32 Å². The summed E-state index contributed by atoms with van der Waals surface area (Å²) in [5.41, 5.74) is 0. The summed E-state index contributed by atoms with van der Waals surface area (Å²) in [7, 11) is 0. The van der Waals surface area contributed by atoms with Crippen molar-refractivity contribution in [3.05, 3.63) is 0 Å². The molecule has 0 saturated carbocycles. The van der Waals surface area contributed by atoms with E-state index in [1.54, 1.807) is 0 Å². The molecule has 0 aromatic rings. The molecular formula is C5H7NO2S. The van der Waals surface area contributed by atoms with E-state index in [-0.39, 0.29) is 11.9 Å². The van der Waals surface area contributed by atoms with Crippen LogP contribution in [0.25, 0.3) is 0 Å². The second-order valence-corrected chi connectivity index (χ2v) is 2.86. The first-order chi connectivity index (χ1) is 4.33. The molecule has 1 amide bonds. The predicted molar refractivity (Wildman–Crippen MR) is 35.3 cm³/mol. The van der Waals surface area contributed by atoms with Crippen molar-refractivity contribution >= 4 is 24.0 Å². The second kappa shape index (κ2) is 2.87. The summed E-state index contributed by atoms with van der Waals surface area (Å²) < 4.78 is 0. The van der Waals surface area contributed by atoms with Crippen LogP contribution < -0.4 is 5.32 Å². The van der Waals surface area contributed by atoms with E-state index < -0.39 is 0 Å². The first-order valence-electron chi connectivity index (χ1n) is 2.65. The van der Waals surface area contributed by atoms with Crippen LogP contribution in [0.5, 0.6) is 0 Å². The average molecular weight is 145 g/mol. The van der Waals surface area contributed by atoms with Gasteiger partial charge in [0.2, 0.25) is 5.91 Å².